The molecule has 1 aliphatic rings. The molecule has 0 saturated heterocycles. The van der Waals surface area contributed by atoms with E-state index in [9.17, 15) is 8.78 Å². The smallest absolute Gasteiger partial charge is 0.375 e. The fourth-order valence-corrected chi connectivity index (χ4v) is 0.661. The molecule has 1 rings (SSSR count). The van der Waals surface area contributed by atoms with E-state index in [0.29, 0.717) is 13.0 Å². The van der Waals surface area contributed by atoms with Crippen LogP contribution in [-0.4, -0.2) is 25.1 Å². The molecule has 0 aromatic carbocycles. The van der Waals surface area contributed by atoms with E-state index >= 15 is 0 Å². The monoisotopic (exact) mass is 150 g/mol. The number of ether oxygens (including phenoxy) is 1. The van der Waals surface area contributed by atoms with Crippen LogP contribution in [0, 0.1) is 0 Å². The van der Waals surface area contributed by atoms with Crippen LogP contribution in [0.3, 0.4) is 0 Å². The molecule has 5 heteroatoms. The van der Waals surface area contributed by atoms with E-state index in [1.165, 1.54) is 0 Å². The molecule has 0 spiro atoms. The first-order valence-electron chi connectivity index (χ1n) is 2.95. The van der Waals surface area contributed by atoms with Crippen molar-refractivity contribution in [2.45, 2.75) is 12.5 Å². The van der Waals surface area contributed by atoms with E-state index in [2.05, 4.69) is 15.5 Å². The van der Waals surface area contributed by atoms with Crippen molar-refractivity contribution in [2.24, 2.45) is 10.7 Å². The molecule has 0 saturated carbocycles. The van der Waals surface area contributed by atoms with E-state index in [1.807, 2.05) is 0 Å². The van der Waals surface area contributed by atoms with Gasteiger partial charge in [-0.25, -0.2) is 4.99 Å². The Morgan fingerprint density at radius 3 is 2.60 bits per heavy atom. The summed E-state index contributed by atoms with van der Waals surface area (Å²) in [5.41, 5.74) is 4.42. The molecular weight excluding hydrogens is 142 g/mol. The van der Waals surface area contributed by atoms with Gasteiger partial charge in [0.25, 0.3) is 5.90 Å². The van der Waals surface area contributed by atoms with Crippen LogP contribution in [0.1, 0.15) is 6.42 Å². The van der Waals surface area contributed by atoms with Crippen LogP contribution in [0.4, 0.5) is 8.78 Å². The number of hydrogen-bond acceptors (Lipinski definition) is 3. The van der Waals surface area contributed by atoms with E-state index in [1.54, 1.807) is 0 Å². The van der Waals surface area contributed by atoms with Gasteiger partial charge in [-0.15, -0.1) is 0 Å². The predicted molar refractivity (Wildman–Crippen MR) is 32.0 cm³/mol. The minimum absolute atomic E-state index is 0.283. The van der Waals surface area contributed by atoms with Crippen molar-refractivity contribution >= 4 is 5.90 Å². The summed E-state index contributed by atoms with van der Waals surface area (Å²) in [6, 6.07) is -3.40. The van der Waals surface area contributed by atoms with Gasteiger partial charge in [0.1, 0.15) is 0 Å². The zero-order valence-electron chi connectivity index (χ0n) is 5.31. The number of halogens is 2. The SMILES string of the molecule is NC(F)(F)C1=NCCCO1. The van der Waals surface area contributed by atoms with Crippen LogP contribution in [-0.2, 0) is 4.74 Å². The van der Waals surface area contributed by atoms with Gasteiger partial charge in [0.15, 0.2) is 0 Å². The molecule has 2 N–H and O–H groups in total. The van der Waals surface area contributed by atoms with Crippen LogP contribution in [0.15, 0.2) is 4.99 Å². The summed E-state index contributed by atoms with van der Waals surface area (Å²) < 4.78 is 28.8. The molecule has 0 aliphatic carbocycles. The van der Waals surface area contributed by atoms with Crippen molar-refractivity contribution in [3.05, 3.63) is 0 Å². The third-order valence-corrected chi connectivity index (χ3v) is 1.08. The lowest BCUT2D eigenvalue weighted by atomic mass is 10.4. The van der Waals surface area contributed by atoms with Crippen molar-refractivity contribution < 1.29 is 13.5 Å². The second-order valence-corrected chi connectivity index (χ2v) is 2.01. The molecule has 0 aromatic heterocycles. The molecule has 0 aromatic rings. The highest BCUT2D eigenvalue weighted by Crippen LogP contribution is 2.11. The molecule has 1 aliphatic heterocycles. The van der Waals surface area contributed by atoms with Gasteiger partial charge in [0.2, 0.25) is 0 Å². The molecule has 10 heavy (non-hydrogen) atoms. The highest BCUT2D eigenvalue weighted by Gasteiger charge is 2.33. The molecule has 0 amide bonds. The van der Waals surface area contributed by atoms with Gasteiger partial charge in [0, 0.05) is 13.0 Å². The maximum atomic E-state index is 12.1. The summed E-state index contributed by atoms with van der Waals surface area (Å²) in [5, 5.41) is 0. The number of alkyl halides is 2. The Hall–Kier alpha value is -0.710. The molecule has 0 atom stereocenters. The van der Waals surface area contributed by atoms with Crippen molar-refractivity contribution in [1.29, 1.82) is 0 Å². The van der Waals surface area contributed by atoms with Crippen molar-refractivity contribution in [3.63, 3.8) is 0 Å². The number of hydrogen-bond donors (Lipinski definition) is 1. The molecule has 1 heterocycles. The number of nitrogens with two attached hydrogens (primary N) is 1. The average molecular weight is 150 g/mol. The first-order chi connectivity index (χ1) is 4.61. The van der Waals surface area contributed by atoms with Gasteiger partial charge >= 0.3 is 6.05 Å². The minimum Gasteiger partial charge on any atom is -0.476 e. The lowest BCUT2D eigenvalue weighted by molar-refractivity contribution is 0.0486. The van der Waals surface area contributed by atoms with Gasteiger partial charge in [-0.05, 0) is 0 Å². The van der Waals surface area contributed by atoms with Gasteiger partial charge in [-0.3, -0.25) is 5.73 Å². The van der Waals surface area contributed by atoms with Crippen molar-refractivity contribution in [3.8, 4) is 0 Å². The van der Waals surface area contributed by atoms with E-state index in [0.717, 1.165) is 0 Å². The topological polar surface area (TPSA) is 47.6 Å². The molecule has 0 bridgehead atoms. The van der Waals surface area contributed by atoms with Gasteiger partial charge in [0.05, 0.1) is 6.61 Å². The normalized spacial score (nSPS) is 19.7. The summed E-state index contributed by atoms with van der Waals surface area (Å²) in [4.78, 5) is 3.42. The molecular formula is C5H8F2N2O. The Kier molecular flexibility index (Phi) is 1.85. The zero-order chi connectivity index (χ0) is 7.61. The molecule has 0 radical (unpaired) electrons. The lowest BCUT2D eigenvalue weighted by Gasteiger charge is -2.17. The third kappa shape index (κ3) is 1.63. The number of aliphatic imine (C=N–C) groups is 1. The first-order valence-corrected chi connectivity index (χ1v) is 2.95. The summed E-state index contributed by atoms with van der Waals surface area (Å²) in [5.74, 6) is -0.640. The Balaban J connectivity index is 2.62. The standard InChI is InChI=1S/C5H8F2N2O/c6-5(7,8)4-9-2-1-3-10-4/h1-3,8H2. The van der Waals surface area contributed by atoms with Gasteiger partial charge in [-0.2, -0.15) is 8.78 Å². The Morgan fingerprint density at radius 2 is 2.30 bits per heavy atom. The van der Waals surface area contributed by atoms with E-state index in [4.69, 9.17) is 0 Å². The summed E-state index contributed by atoms with van der Waals surface area (Å²) >= 11 is 0. The van der Waals surface area contributed by atoms with Gasteiger partial charge in [-0.1, -0.05) is 0 Å². The van der Waals surface area contributed by atoms with Crippen LogP contribution in [0.25, 0.3) is 0 Å². The lowest BCUT2D eigenvalue weighted by Crippen LogP contribution is -2.41. The minimum atomic E-state index is -3.40. The van der Waals surface area contributed by atoms with Crippen LogP contribution in [0.2, 0.25) is 0 Å². The Labute approximate surface area is 56.9 Å². The quantitative estimate of drug-likeness (QED) is 0.548. The summed E-state index contributed by atoms with van der Waals surface area (Å²) in [6.45, 7) is 0.660. The van der Waals surface area contributed by atoms with Crippen LogP contribution in [0.5, 0.6) is 0 Å². The maximum Gasteiger partial charge on any atom is 0.375 e. The maximum absolute atomic E-state index is 12.1. The summed E-state index contributed by atoms with van der Waals surface area (Å²) in [6.07, 6.45) is 0.680. The third-order valence-electron chi connectivity index (χ3n) is 1.08. The second kappa shape index (κ2) is 2.49. The average Bonchev–Trinajstić information content (AvgIpc) is 1.88. The largest absolute Gasteiger partial charge is 0.476 e. The molecule has 3 nitrogen and oxygen atoms in total. The predicted octanol–water partition coefficient (Wildman–Crippen LogP) is 0.357. The van der Waals surface area contributed by atoms with Gasteiger partial charge < -0.3 is 4.74 Å². The second-order valence-electron chi connectivity index (χ2n) is 2.01. The van der Waals surface area contributed by atoms with E-state index in [-0.39, 0.29) is 6.61 Å². The first kappa shape index (κ1) is 7.40. The number of rotatable bonds is 1. The summed E-state index contributed by atoms with van der Waals surface area (Å²) in [7, 11) is 0. The number of nitrogens with zero attached hydrogens (tertiary/aromatic N) is 1. The fraction of sp³-hybridized carbons (Fsp3) is 0.800. The molecule has 0 fully saturated rings. The fourth-order valence-electron chi connectivity index (χ4n) is 0.661. The Morgan fingerprint density at radius 1 is 1.60 bits per heavy atom. The molecule has 58 valence electrons. The van der Waals surface area contributed by atoms with Crippen LogP contribution < -0.4 is 5.73 Å². The zero-order valence-corrected chi connectivity index (χ0v) is 5.31. The van der Waals surface area contributed by atoms with Crippen molar-refractivity contribution in [1.82, 2.24) is 0 Å². The molecule has 0 unspecified atom stereocenters. The van der Waals surface area contributed by atoms with Crippen molar-refractivity contribution in [2.75, 3.05) is 13.2 Å². The Bertz CT molecular complexity index is 152. The highest BCUT2D eigenvalue weighted by molar-refractivity contribution is 5.83. The van der Waals surface area contributed by atoms with Crippen LogP contribution >= 0.6 is 0 Å². The van der Waals surface area contributed by atoms with E-state index < -0.39 is 11.9 Å². The highest BCUT2D eigenvalue weighted by atomic mass is 19.3.